The van der Waals surface area contributed by atoms with Gasteiger partial charge < -0.3 is 19.9 Å². The summed E-state index contributed by atoms with van der Waals surface area (Å²) in [5.74, 6) is -1.07. The van der Waals surface area contributed by atoms with Crippen LogP contribution >= 0.6 is 12.2 Å². The molecular weight excluding hydrogens is 214 g/mol. The third-order valence-corrected chi connectivity index (χ3v) is 2.59. The molecule has 1 aromatic rings. The number of aromatic nitrogens is 2. The molecule has 0 saturated carbocycles. The van der Waals surface area contributed by atoms with Crippen LogP contribution in [0, 0.1) is 4.77 Å². The molecule has 0 saturated heterocycles. The summed E-state index contributed by atoms with van der Waals surface area (Å²) in [7, 11) is 1.75. The minimum atomic E-state index is -1.07. The number of carboxylic acid groups (broad SMARTS) is 1. The summed E-state index contributed by atoms with van der Waals surface area (Å²) in [6.45, 7) is 2.55. The molecule has 0 radical (unpaired) electrons. The lowest BCUT2D eigenvalue weighted by Crippen LogP contribution is -2.47. The summed E-state index contributed by atoms with van der Waals surface area (Å²) in [5, 5.41) is 10.9. The minimum Gasteiger partial charge on any atom is -0.548 e. The van der Waals surface area contributed by atoms with E-state index in [-0.39, 0.29) is 0 Å². The molecule has 84 valence electrons. The SMILES string of the molecule is CCN(C)[C@@H](Cc1c[nH]c(=S)[nH]1)C(=O)[O-]. The van der Waals surface area contributed by atoms with Crippen molar-refractivity contribution in [1.82, 2.24) is 14.9 Å². The molecule has 0 aliphatic heterocycles. The van der Waals surface area contributed by atoms with Gasteiger partial charge in [0.05, 0.1) is 12.0 Å². The molecule has 0 aliphatic rings. The summed E-state index contributed by atoms with van der Waals surface area (Å²) >= 11 is 4.86. The maximum absolute atomic E-state index is 10.9. The number of nitrogens with one attached hydrogen (secondary N) is 2. The highest BCUT2D eigenvalue weighted by molar-refractivity contribution is 7.71. The molecule has 15 heavy (non-hydrogen) atoms. The molecule has 1 aromatic heterocycles. The van der Waals surface area contributed by atoms with Crippen molar-refractivity contribution in [2.45, 2.75) is 19.4 Å². The van der Waals surface area contributed by atoms with E-state index in [0.717, 1.165) is 5.69 Å². The van der Waals surface area contributed by atoms with Crippen molar-refractivity contribution in [3.63, 3.8) is 0 Å². The average molecular weight is 228 g/mol. The van der Waals surface area contributed by atoms with E-state index in [1.165, 1.54) is 0 Å². The predicted molar refractivity (Wildman–Crippen MR) is 56.8 cm³/mol. The molecule has 6 heteroatoms. The van der Waals surface area contributed by atoms with Gasteiger partial charge in [-0.05, 0) is 25.8 Å². The van der Waals surface area contributed by atoms with Crippen LogP contribution in [0.25, 0.3) is 0 Å². The maximum atomic E-state index is 10.9. The summed E-state index contributed by atoms with van der Waals surface area (Å²) in [5.41, 5.74) is 0.773. The third-order valence-electron chi connectivity index (χ3n) is 2.37. The van der Waals surface area contributed by atoms with Crippen molar-refractivity contribution >= 4 is 18.2 Å². The van der Waals surface area contributed by atoms with Gasteiger partial charge in [0.25, 0.3) is 0 Å². The summed E-state index contributed by atoms with van der Waals surface area (Å²) in [4.78, 5) is 18.3. The highest BCUT2D eigenvalue weighted by atomic mass is 32.1. The summed E-state index contributed by atoms with van der Waals surface area (Å²) < 4.78 is 0.501. The smallest absolute Gasteiger partial charge is 0.174 e. The Labute approximate surface area is 93.1 Å². The van der Waals surface area contributed by atoms with E-state index in [9.17, 15) is 9.90 Å². The van der Waals surface area contributed by atoms with E-state index in [2.05, 4.69) is 9.97 Å². The van der Waals surface area contributed by atoms with Crippen LogP contribution in [-0.2, 0) is 11.2 Å². The van der Waals surface area contributed by atoms with E-state index >= 15 is 0 Å². The monoisotopic (exact) mass is 228 g/mol. The number of carboxylic acids is 1. The predicted octanol–water partition coefficient (Wildman–Crippen LogP) is -0.315. The van der Waals surface area contributed by atoms with Crippen LogP contribution in [0.2, 0.25) is 0 Å². The van der Waals surface area contributed by atoms with Crippen molar-refractivity contribution in [3.05, 3.63) is 16.7 Å². The van der Waals surface area contributed by atoms with Gasteiger partial charge in [-0.15, -0.1) is 0 Å². The van der Waals surface area contributed by atoms with Crippen molar-refractivity contribution in [2.75, 3.05) is 13.6 Å². The van der Waals surface area contributed by atoms with Crippen LogP contribution in [-0.4, -0.2) is 40.5 Å². The molecule has 1 heterocycles. The number of likely N-dealkylation sites (N-methyl/N-ethyl adjacent to an activating group) is 1. The fourth-order valence-electron chi connectivity index (χ4n) is 1.33. The average Bonchev–Trinajstić information content (AvgIpc) is 2.59. The highest BCUT2D eigenvalue weighted by Crippen LogP contribution is 2.04. The molecule has 0 aliphatic carbocycles. The second kappa shape index (κ2) is 5.09. The molecule has 0 amide bonds. The van der Waals surface area contributed by atoms with Gasteiger partial charge in [0.15, 0.2) is 4.77 Å². The van der Waals surface area contributed by atoms with Gasteiger partial charge >= 0.3 is 0 Å². The first kappa shape index (κ1) is 11.9. The molecule has 1 atom stereocenters. The number of hydrogen-bond acceptors (Lipinski definition) is 4. The maximum Gasteiger partial charge on any atom is 0.174 e. The molecule has 0 spiro atoms. The first-order chi connectivity index (χ1) is 7.04. The van der Waals surface area contributed by atoms with Gasteiger partial charge in [0.2, 0.25) is 0 Å². The van der Waals surface area contributed by atoms with Crippen LogP contribution < -0.4 is 5.11 Å². The molecule has 0 bridgehead atoms. The number of aliphatic carboxylic acids is 1. The van der Waals surface area contributed by atoms with Gasteiger partial charge in [-0.25, -0.2) is 0 Å². The summed E-state index contributed by atoms with van der Waals surface area (Å²) in [6, 6.07) is -0.628. The second-order valence-electron chi connectivity index (χ2n) is 3.38. The Balaban J connectivity index is 2.75. The molecule has 0 unspecified atom stereocenters. The Hall–Kier alpha value is -1.14. The van der Waals surface area contributed by atoms with Gasteiger partial charge in [-0.2, -0.15) is 0 Å². The van der Waals surface area contributed by atoms with Gasteiger partial charge in [-0.3, -0.25) is 4.90 Å². The zero-order valence-corrected chi connectivity index (χ0v) is 9.56. The third kappa shape index (κ3) is 3.17. The number of carbonyl (C=O) groups excluding carboxylic acids is 1. The first-order valence-electron chi connectivity index (χ1n) is 4.72. The van der Waals surface area contributed by atoms with Crippen molar-refractivity contribution in [2.24, 2.45) is 0 Å². The highest BCUT2D eigenvalue weighted by Gasteiger charge is 2.15. The van der Waals surface area contributed by atoms with E-state index in [1.54, 1.807) is 18.1 Å². The fraction of sp³-hybridized carbons (Fsp3) is 0.556. The summed E-state index contributed by atoms with van der Waals surface area (Å²) in [6.07, 6.45) is 2.04. The van der Waals surface area contributed by atoms with Gasteiger partial charge in [-0.1, -0.05) is 6.92 Å². The van der Waals surface area contributed by atoms with Crippen LogP contribution in [0.1, 0.15) is 12.6 Å². The number of aromatic amines is 2. The van der Waals surface area contributed by atoms with Crippen molar-refractivity contribution in [1.29, 1.82) is 0 Å². The van der Waals surface area contributed by atoms with E-state index in [0.29, 0.717) is 17.7 Å². The Kier molecular flexibility index (Phi) is 4.05. The van der Waals surface area contributed by atoms with Crippen LogP contribution in [0.5, 0.6) is 0 Å². The van der Waals surface area contributed by atoms with Gasteiger partial charge in [0.1, 0.15) is 0 Å². The van der Waals surface area contributed by atoms with Crippen LogP contribution in [0.4, 0.5) is 0 Å². The van der Waals surface area contributed by atoms with E-state index in [1.807, 2.05) is 6.92 Å². The molecule has 0 fully saturated rings. The van der Waals surface area contributed by atoms with Crippen molar-refractivity contribution < 1.29 is 9.90 Å². The molecular formula is C9H14N3O2S-. The molecule has 5 nitrogen and oxygen atoms in total. The number of rotatable bonds is 5. The minimum absolute atomic E-state index is 0.361. The zero-order valence-electron chi connectivity index (χ0n) is 8.74. The fourth-order valence-corrected chi connectivity index (χ4v) is 1.52. The Morgan fingerprint density at radius 3 is 2.80 bits per heavy atom. The number of imidazole rings is 1. The van der Waals surface area contributed by atoms with Crippen LogP contribution in [0.3, 0.4) is 0 Å². The molecule has 1 rings (SSSR count). The Morgan fingerprint density at radius 1 is 1.73 bits per heavy atom. The quantitative estimate of drug-likeness (QED) is 0.678. The zero-order chi connectivity index (χ0) is 11.4. The van der Waals surface area contributed by atoms with Crippen molar-refractivity contribution in [3.8, 4) is 0 Å². The Morgan fingerprint density at radius 2 is 2.40 bits per heavy atom. The lowest BCUT2D eigenvalue weighted by atomic mass is 10.1. The number of carbonyl (C=O) groups is 1. The normalized spacial score (nSPS) is 13.0. The van der Waals surface area contributed by atoms with Gasteiger partial charge in [0, 0.05) is 18.3 Å². The van der Waals surface area contributed by atoms with E-state index in [4.69, 9.17) is 12.2 Å². The molecule has 2 N–H and O–H groups in total. The lowest BCUT2D eigenvalue weighted by molar-refractivity contribution is -0.311. The number of hydrogen-bond donors (Lipinski definition) is 2. The Bertz CT molecular complexity index is 385. The number of nitrogens with zero attached hydrogens (tertiary/aromatic N) is 1. The molecule has 0 aromatic carbocycles. The van der Waals surface area contributed by atoms with E-state index < -0.39 is 12.0 Å². The first-order valence-corrected chi connectivity index (χ1v) is 5.13. The topological polar surface area (TPSA) is 75.0 Å². The number of H-pyrrole nitrogens is 2. The largest absolute Gasteiger partial charge is 0.548 e. The standard InChI is InChI=1S/C9H15N3O2S/c1-3-12(2)7(8(13)14)4-6-5-10-9(15)11-6/h5,7H,3-4H2,1-2H3,(H,13,14)(H2,10,11,15)/p-1/t7-/m0/s1. The second-order valence-corrected chi connectivity index (χ2v) is 3.79. The van der Waals surface area contributed by atoms with Crippen LogP contribution in [0.15, 0.2) is 6.20 Å². The lowest BCUT2D eigenvalue weighted by Gasteiger charge is -2.27.